The molecule has 0 aromatic rings. The summed E-state index contributed by atoms with van der Waals surface area (Å²) in [5, 5.41) is 48.6. The number of aliphatic hydroxyl groups is 2. The number of carboxylic acid groups (broad SMARTS) is 1. The van der Waals surface area contributed by atoms with Gasteiger partial charge in [-0.2, -0.15) is 0 Å². The van der Waals surface area contributed by atoms with Crippen LogP contribution in [0.4, 0.5) is 0 Å². The van der Waals surface area contributed by atoms with Crippen molar-refractivity contribution in [2.75, 3.05) is 6.61 Å². The van der Waals surface area contributed by atoms with E-state index in [0.717, 1.165) is 0 Å². The fourth-order valence-corrected chi connectivity index (χ4v) is 6.65. The normalized spacial score (nSPS) is 16.1. The number of nitrogens with one attached hydrogen (secondary N) is 7. The fourth-order valence-electron chi connectivity index (χ4n) is 6.65. The zero-order valence-corrected chi connectivity index (χ0v) is 39.1. The highest BCUT2D eigenvalue weighted by atomic mass is 16.4. The molecule has 0 spiro atoms. The summed E-state index contributed by atoms with van der Waals surface area (Å²) in [6.45, 7) is 17.3. The van der Waals surface area contributed by atoms with Gasteiger partial charge in [-0.3, -0.25) is 43.2 Å². The van der Waals surface area contributed by atoms with Crippen LogP contribution < -0.4 is 48.7 Å². The lowest BCUT2D eigenvalue weighted by Gasteiger charge is -2.32. The van der Waals surface area contributed by atoms with Crippen molar-refractivity contribution in [3.63, 3.8) is 0 Å². The lowest BCUT2D eigenvalue weighted by molar-refractivity contribution is -0.144. The monoisotopic (exact) mass is 914 g/mol. The number of aliphatic carboxylic acids is 1. The number of aliphatic hydroxyl groups excluding tert-OH is 2. The van der Waals surface area contributed by atoms with Crippen molar-refractivity contribution in [1.29, 1.82) is 0 Å². The number of hydrogen-bond donors (Lipinski definition) is 12. The third-order valence-corrected chi connectivity index (χ3v) is 10.7. The average Bonchev–Trinajstić information content (AvgIpc) is 3.18. The Balaban J connectivity index is 6.50. The van der Waals surface area contributed by atoms with E-state index in [2.05, 4.69) is 37.2 Å². The van der Waals surface area contributed by atoms with Crippen LogP contribution in [0.25, 0.3) is 0 Å². The van der Waals surface area contributed by atoms with Crippen molar-refractivity contribution in [1.82, 2.24) is 37.2 Å². The molecule has 14 N–H and O–H groups in total. The van der Waals surface area contributed by atoms with Crippen molar-refractivity contribution in [2.24, 2.45) is 47.0 Å². The maximum absolute atomic E-state index is 13.9. The van der Waals surface area contributed by atoms with Crippen LogP contribution in [0.5, 0.6) is 0 Å². The molecule has 0 aliphatic rings. The minimum atomic E-state index is -1.70. The summed E-state index contributed by atoms with van der Waals surface area (Å²) in [6, 6.07) is -9.43. The van der Waals surface area contributed by atoms with Crippen molar-refractivity contribution >= 4 is 59.1 Å². The summed E-state index contributed by atoms with van der Waals surface area (Å²) >= 11 is 0. The molecule has 0 rings (SSSR count). The second-order valence-electron chi connectivity index (χ2n) is 17.8. The molecule has 0 radical (unpaired) electrons. The SMILES string of the molecule is CC[C@H](C)[C@H](NC(=O)C(C[C@@H](O)[C@H](CC(C)C)NC(=O)[C@H](CC(N)=O)NC(=O)[C@H](CCC(N)=O)NC(=O)[C@H](CO)NC(=O)[C@@H](NC(C)=O)C(C)C)C(C)C)C(=O)N[C@H](C(=O)O)C(C)C. The Bertz CT molecular complexity index is 1620. The molecule has 0 aromatic heterocycles. The van der Waals surface area contributed by atoms with Crippen molar-refractivity contribution < 1.29 is 63.3 Å². The van der Waals surface area contributed by atoms with E-state index in [1.807, 2.05) is 0 Å². The van der Waals surface area contributed by atoms with Gasteiger partial charge in [-0.05, 0) is 48.9 Å². The van der Waals surface area contributed by atoms with Crippen molar-refractivity contribution in [3.05, 3.63) is 0 Å². The molecule has 64 heavy (non-hydrogen) atoms. The lowest BCUT2D eigenvalue weighted by Crippen LogP contribution is -2.60. The van der Waals surface area contributed by atoms with E-state index in [0.29, 0.717) is 6.42 Å². The Hall–Kier alpha value is -5.38. The molecule has 10 atom stereocenters. The third-order valence-electron chi connectivity index (χ3n) is 10.7. The first kappa shape index (κ1) is 58.6. The van der Waals surface area contributed by atoms with Gasteiger partial charge in [-0.25, -0.2) is 4.79 Å². The molecule has 0 saturated heterocycles. The highest BCUT2D eigenvalue weighted by molar-refractivity contribution is 5.97. The van der Waals surface area contributed by atoms with Crippen LogP contribution in [0.15, 0.2) is 0 Å². The number of primary amides is 2. The van der Waals surface area contributed by atoms with Crippen LogP contribution in [0.2, 0.25) is 0 Å². The van der Waals surface area contributed by atoms with E-state index < -0.39 is 163 Å². The number of hydrogen-bond acceptors (Lipinski definition) is 12. The summed E-state index contributed by atoms with van der Waals surface area (Å²) in [4.78, 5) is 128. The van der Waals surface area contributed by atoms with Gasteiger partial charge < -0.3 is 64.0 Å². The summed E-state index contributed by atoms with van der Waals surface area (Å²) in [5.41, 5.74) is 10.7. The Morgan fingerprint density at radius 3 is 1.47 bits per heavy atom. The molecule has 0 aliphatic heterocycles. The molecule has 9 amide bonds. The first-order valence-electron chi connectivity index (χ1n) is 21.8. The van der Waals surface area contributed by atoms with Gasteiger partial charge in [0.25, 0.3) is 0 Å². The molecular weight excluding hydrogens is 839 g/mol. The molecule has 0 saturated carbocycles. The molecule has 0 fully saturated rings. The topological polar surface area (TPSA) is 368 Å². The standard InChI is InChI=1S/C42H75N9O13/c1-12-23(10)35(41(62)50-34(22(8)9)42(63)64)51-36(57)25(20(4)5)16-30(54)27(15-19(2)3)47-38(59)28(17-32(44)56)48-37(58)26(13-14-31(43)55)46-39(60)29(18-52)49-40(61)33(21(6)7)45-24(11)53/h19-23,25-30,33-35,52,54H,12-18H2,1-11H3,(H2,43,55)(H2,44,56)(H,45,53)(H,46,60)(H,47,59)(H,48,58)(H,49,61)(H,50,62)(H,51,57)(H,63,64)/t23-,25?,26-,27-,28-,29-,30+,33-,34-,35-/m0/s1. The quantitative estimate of drug-likeness (QED) is 0.0373. The predicted molar refractivity (Wildman–Crippen MR) is 234 cm³/mol. The van der Waals surface area contributed by atoms with Crippen LogP contribution in [-0.4, -0.2) is 129 Å². The lowest BCUT2D eigenvalue weighted by atomic mass is 9.85. The van der Waals surface area contributed by atoms with E-state index in [1.165, 1.54) is 6.92 Å². The smallest absolute Gasteiger partial charge is 0.326 e. The first-order chi connectivity index (χ1) is 29.6. The summed E-state index contributed by atoms with van der Waals surface area (Å²) in [6.07, 6.45) is -2.66. The van der Waals surface area contributed by atoms with Gasteiger partial charge in [0.2, 0.25) is 53.2 Å². The van der Waals surface area contributed by atoms with E-state index in [-0.39, 0.29) is 18.8 Å². The largest absolute Gasteiger partial charge is 0.480 e. The number of carbonyl (C=O) groups excluding carboxylic acids is 9. The second-order valence-corrected chi connectivity index (χ2v) is 17.8. The molecule has 0 aromatic carbocycles. The number of rotatable bonds is 30. The van der Waals surface area contributed by atoms with Crippen LogP contribution >= 0.6 is 0 Å². The van der Waals surface area contributed by atoms with Crippen LogP contribution in [0.3, 0.4) is 0 Å². The van der Waals surface area contributed by atoms with Gasteiger partial charge >= 0.3 is 5.97 Å². The van der Waals surface area contributed by atoms with Crippen molar-refractivity contribution in [2.45, 2.75) is 163 Å². The molecule has 0 aliphatic carbocycles. The highest BCUT2D eigenvalue weighted by Crippen LogP contribution is 2.23. The zero-order chi connectivity index (χ0) is 49.8. The molecule has 22 heteroatoms. The number of amides is 9. The van der Waals surface area contributed by atoms with E-state index >= 15 is 0 Å². The van der Waals surface area contributed by atoms with Gasteiger partial charge in [0, 0.05) is 19.3 Å². The fraction of sp³-hybridized carbons (Fsp3) is 0.762. The second kappa shape index (κ2) is 28.4. The summed E-state index contributed by atoms with van der Waals surface area (Å²) in [7, 11) is 0. The molecule has 0 bridgehead atoms. The first-order valence-corrected chi connectivity index (χ1v) is 21.8. The van der Waals surface area contributed by atoms with Gasteiger partial charge in [-0.1, -0.05) is 75.7 Å². The van der Waals surface area contributed by atoms with Crippen molar-refractivity contribution in [3.8, 4) is 0 Å². The predicted octanol–water partition coefficient (Wildman–Crippen LogP) is -1.95. The Kier molecular flexibility index (Phi) is 26.0. The minimum Gasteiger partial charge on any atom is -0.480 e. The molecule has 0 heterocycles. The Morgan fingerprint density at radius 2 is 1.03 bits per heavy atom. The molecule has 1 unspecified atom stereocenters. The van der Waals surface area contributed by atoms with E-state index in [1.54, 1.807) is 69.2 Å². The van der Waals surface area contributed by atoms with Crippen LogP contribution in [0, 0.1) is 35.5 Å². The van der Waals surface area contributed by atoms with Gasteiger partial charge in [0.05, 0.1) is 25.2 Å². The molecular formula is C42H75N9O13. The highest BCUT2D eigenvalue weighted by Gasteiger charge is 2.37. The number of carboxylic acids is 1. The maximum Gasteiger partial charge on any atom is 0.326 e. The Morgan fingerprint density at radius 1 is 0.547 bits per heavy atom. The molecule has 22 nitrogen and oxygen atoms in total. The van der Waals surface area contributed by atoms with Gasteiger partial charge in [0.15, 0.2) is 0 Å². The maximum atomic E-state index is 13.9. The number of nitrogens with two attached hydrogens (primary N) is 2. The third kappa shape index (κ3) is 20.9. The van der Waals surface area contributed by atoms with Gasteiger partial charge in [-0.15, -0.1) is 0 Å². The minimum absolute atomic E-state index is 0.144. The van der Waals surface area contributed by atoms with Crippen LogP contribution in [0.1, 0.15) is 115 Å². The van der Waals surface area contributed by atoms with E-state index in [9.17, 15) is 63.3 Å². The van der Waals surface area contributed by atoms with Gasteiger partial charge in [0.1, 0.15) is 36.3 Å². The van der Waals surface area contributed by atoms with E-state index in [4.69, 9.17) is 11.5 Å². The average molecular weight is 914 g/mol. The summed E-state index contributed by atoms with van der Waals surface area (Å²) < 4.78 is 0. The zero-order valence-electron chi connectivity index (χ0n) is 39.1. The van der Waals surface area contributed by atoms with Crippen LogP contribution in [-0.2, 0) is 47.9 Å². The summed E-state index contributed by atoms with van der Waals surface area (Å²) in [5.74, 6) is -11.7. The number of carbonyl (C=O) groups is 10. The Labute approximate surface area is 375 Å². The molecule has 366 valence electrons.